The Morgan fingerprint density at radius 3 is 2.65 bits per heavy atom. The van der Waals surface area contributed by atoms with Crippen LogP contribution in [0.4, 0.5) is 5.82 Å². The van der Waals surface area contributed by atoms with Gasteiger partial charge in [0.05, 0.1) is 10.6 Å². The molecule has 4 rings (SSSR count). The molecule has 118 valence electrons. The average Bonchev–Trinajstić information content (AvgIpc) is 3.32. The molecule has 2 aromatic heterocycles. The smallest absolute Gasteiger partial charge is 0.229 e. The third-order valence-corrected chi connectivity index (χ3v) is 4.77. The number of rotatable bonds is 3. The molecule has 2 aliphatic rings. The molecule has 0 aromatic carbocycles. The van der Waals surface area contributed by atoms with E-state index in [0.29, 0.717) is 22.4 Å². The van der Waals surface area contributed by atoms with Crippen molar-refractivity contribution in [2.75, 3.05) is 18.0 Å². The van der Waals surface area contributed by atoms with Crippen LogP contribution in [0.1, 0.15) is 54.8 Å². The minimum Gasteiger partial charge on any atom is -0.355 e. The van der Waals surface area contributed by atoms with Gasteiger partial charge in [-0.2, -0.15) is 10.2 Å². The molecule has 1 aliphatic carbocycles. The maximum atomic E-state index is 8.88. The van der Waals surface area contributed by atoms with Gasteiger partial charge in [-0.05, 0) is 31.7 Å². The topological polar surface area (TPSA) is 78.8 Å². The molecule has 0 unspecified atom stereocenters. The first kappa shape index (κ1) is 14.5. The fourth-order valence-corrected chi connectivity index (χ4v) is 3.27. The fourth-order valence-electron chi connectivity index (χ4n) is 2.98. The van der Waals surface area contributed by atoms with Crippen molar-refractivity contribution in [1.29, 1.82) is 5.26 Å². The van der Waals surface area contributed by atoms with Crippen molar-refractivity contribution in [3.63, 3.8) is 0 Å². The summed E-state index contributed by atoms with van der Waals surface area (Å²) in [4.78, 5) is 11.0. The molecule has 0 spiro atoms. The Hall–Kier alpha value is -2.13. The first-order valence-electron chi connectivity index (χ1n) is 7.88. The number of nitriles is 1. The normalized spacial score (nSPS) is 18.9. The third-order valence-electron chi connectivity index (χ3n) is 4.49. The SMILES string of the molecule is N#Cc1cnc(N2CCC(c3noc(C4CC4)n3)CC2)c(Cl)c1. The lowest BCUT2D eigenvalue weighted by molar-refractivity contribution is 0.364. The van der Waals surface area contributed by atoms with E-state index < -0.39 is 0 Å². The van der Waals surface area contributed by atoms with E-state index in [-0.39, 0.29) is 0 Å². The summed E-state index contributed by atoms with van der Waals surface area (Å²) in [5.41, 5.74) is 0.480. The molecule has 0 bridgehead atoms. The molecule has 1 saturated heterocycles. The zero-order chi connectivity index (χ0) is 15.8. The maximum absolute atomic E-state index is 8.88. The number of halogens is 1. The van der Waals surface area contributed by atoms with Gasteiger partial charge in [0.2, 0.25) is 5.89 Å². The number of aromatic nitrogens is 3. The predicted octanol–water partition coefficient (Wildman–Crippen LogP) is 3.25. The number of nitrogens with zero attached hydrogens (tertiary/aromatic N) is 5. The quantitative estimate of drug-likeness (QED) is 0.860. The molecule has 2 aromatic rings. The van der Waals surface area contributed by atoms with E-state index in [4.69, 9.17) is 21.4 Å². The van der Waals surface area contributed by atoms with E-state index in [0.717, 1.165) is 43.5 Å². The summed E-state index contributed by atoms with van der Waals surface area (Å²) in [6.45, 7) is 1.69. The van der Waals surface area contributed by atoms with Crippen LogP contribution in [0.15, 0.2) is 16.8 Å². The summed E-state index contributed by atoms with van der Waals surface area (Å²) in [6.07, 6.45) is 5.80. The van der Waals surface area contributed by atoms with Crippen molar-refractivity contribution in [3.8, 4) is 6.07 Å². The highest BCUT2D eigenvalue weighted by Gasteiger charge is 2.32. The van der Waals surface area contributed by atoms with Crippen LogP contribution in [-0.4, -0.2) is 28.2 Å². The Morgan fingerprint density at radius 2 is 2.00 bits per heavy atom. The van der Waals surface area contributed by atoms with E-state index >= 15 is 0 Å². The first-order chi connectivity index (χ1) is 11.2. The van der Waals surface area contributed by atoms with Crippen molar-refractivity contribution in [2.45, 2.75) is 37.5 Å². The second kappa shape index (κ2) is 5.82. The van der Waals surface area contributed by atoms with Crippen LogP contribution in [0.2, 0.25) is 5.02 Å². The van der Waals surface area contributed by atoms with Gasteiger partial charge in [0.1, 0.15) is 11.9 Å². The highest BCUT2D eigenvalue weighted by atomic mass is 35.5. The zero-order valence-corrected chi connectivity index (χ0v) is 13.3. The Balaban J connectivity index is 1.43. The molecule has 1 aliphatic heterocycles. The molecule has 3 heterocycles. The van der Waals surface area contributed by atoms with Crippen LogP contribution in [0.5, 0.6) is 0 Å². The van der Waals surface area contributed by atoms with Crippen molar-refractivity contribution < 1.29 is 4.52 Å². The summed E-state index contributed by atoms with van der Waals surface area (Å²) in [5.74, 6) is 3.22. The summed E-state index contributed by atoms with van der Waals surface area (Å²) < 4.78 is 5.36. The molecular weight excluding hydrogens is 314 g/mol. The van der Waals surface area contributed by atoms with Gasteiger partial charge < -0.3 is 9.42 Å². The van der Waals surface area contributed by atoms with Gasteiger partial charge in [0.15, 0.2) is 5.82 Å². The molecule has 0 N–H and O–H groups in total. The summed E-state index contributed by atoms with van der Waals surface area (Å²) >= 11 is 6.25. The van der Waals surface area contributed by atoms with Crippen LogP contribution >= 0.6 is 11.6 Å². The van der Waals surface area contributed by atoms with Gasteiger partial charge in [-0.25, -0.2) is 4.98 Å². The van der Waals surface area contributed by atoms with Crippen LogP contribution in [0, 0.1) is 11.3 Å². The van der Waals surface area contributed by atoms with E-state index in [1.54, 1.807) is 12.3 Å². The van der Waals surface area contributed by atoms with Gasteiger partial charge in [0.25, 0.3) is 0 Å². The number of hydrogen-bond acceptors (Lipinski definition) is 6. The highest BCUT2D eigenvalue weighted by molar-refractivity contribution is 6.33. The molecule has 1 saturated carbocycles. The van der Waals surface area contributed by atoms with Crippen molar-refractivity contribution in [3.05, 3.63) is 34.6 Å². The fraction of sp³-hybridized carbons (Fsp3) is 0.500. The van der Waals surface area contributed by atoms with E-state index in [1.165, 1.54) is 12.8 Å². The van der Waals surface area contributed by atoms with Crippen LogP contribution in [-0.2, 0) is 0 Å². The Bertz CT molecular complexity index is 756. The molecular formula is C16H16ClN5O. The number of hydrogen-bond donors (Lipinski definition) is 0. The van der Waals surface area contributed by atoms with Gasteiger partial charge >= 0.3 is 0 Å². The predicted molar refractivity (Wildman–Crippen MR) is 84.4 cm³/mol. The van der Waals surface area contributed by atoms with E-state index in [9.17, 15) is 0 Å². The Labute approximate surface area is 139 Å². The Morgan fingerprint density at radius 1 is 1.22 bits per heavy atom. The largest absolute Gasteiger partial charge is 0.355 e. The standard InChI is InChI=1S/C16H16ClN5O/c17-13-7-10(8-18)9-19-15(13)22-5-3-11(4-6-22)14-20-16(23-21-14)12-1-2-12/h7,9,11-12H,1-6H2. The lowest BCUT2D eigenvalue weighted by Crippen LogP contribution is -2.34. The number of pyridine rings is 1. The average molecular weight is 330 g/mol. The maximum Gasteiger partial charge on any atom is 0.229 e. The number of anilines is 1. The Kier molecular flexibility index (Phi) is 3.66. The first-order valence-corrected chi connectivity index (χ1v) is 8.26. The summed E-state index contributed by atoms with van der Waals surface area (Å²) in [7, 11) is 0. The van der Waals surface area contributed by atoms with Gasteiger partial charge in [-0.1, -0.05) is 16.8 Å². The zero-order valence-electron chi connectivity index (χ0n) is 12.6. The minimum absolute atomic E-state index is 0.333. The van der Waals surface area contributed by atoms with Gasteiger partial charge in [0, 0.05) is 31.1 Å². The lowest BCUT2D eigenvalue weighted by Gasteiger charge is -2.31. The monoisotopic (exact) mass is 329 g/mol. The molecule has 0 radical (unpaired) electrons. The molecule has 2 fully saturated rings. The molecule has 7 heteroatoms. The molecule has 0 atom stereocenters. The lowest BCUT2D eigenvalue weighted by atomic mass is 9.96. The molecule has 23 heavy (non-hydrogen) atoms. The van der Waals surface area contributed by atoms with E-state index in [2.05, 4.69) is 26.1 Å². The third kappa shape index (κ3) is 2.89. The number of piperidine rings is 1. The molecule has 0 amide bonds. The van der Waals surface area contributed by atoms with Crippen molar-refractivity contribution >= 4 is 17.4 Å². The highest BCUT2D eigenvalue weighted by Crippen LogP contribution is 2.40. The van der Waals surface area contributed by atoms with Gasteiger partial charge in [-0.15, -0.1) is 0 Å². The second-order valence-corrected chi connectivity index (χ2v) is 6.57. The van der Waals surface area contributed by atoms with E-state index in [1.807, 2.05) is 0 Å². The molecule has 6 nitrogen and oxygen atoms in total. The van der Waals surface area contributed by atoms with Crippen LogP contribution in [0.3, 0.4) is 0 Å². The van der Waals surface area contributed by atoms with Crippen LogP contribution < -0.4 is 4.90 Å². The van der Waals surface area contributed by atoms with Crippen molar-refractivity contribution in [2.24, 2.45) is 0 Å². The van der Waals surface area contributed by atoms with Crippen molar-refractivity contribution in [1.82, 2.24) is 15.1 Å². The second-order valence-electron chi connectivity index (χ2n) is 6.17. The van der Waals surface area contributed by atoms with Gasteiger partial charge in [-0.3, -0.25) is 0 Å². The van der Waals surface area contributed by atoms with Crippen LogP contribution in [0.25, 0.3) is 0 Å². The summed E-state index contributed by atoms with van der Waals surface area (Å²) in [5, 5.41) is 13.6. The minimum atomic E-state index is 0.333. The summed E-state index contributed by atoms with van der Waals surface area (Å²) in [6, 6.07) is 3.71.